The molecule has 0 radical (unpaired) electrons. The van der Waals surface area contributed by atoms with Crippen LogP contribution in [0.5, 0.6) is 5.75 Å². The molecule has 0 bridgehead atoms. The van der Waals surface area contributed by atoms with Crippen LogP contribution >= 0.6 is 0 Å². The third-order valence-corrected chi connectivity index (χ3v) is 2.96. The molecule has 0 atom stereocenters. The minimum atomic E-state index is -0.132. The summed E-state index contributed by atoms with van der Waals surface area (Å²) in [5.74, 6) is 1.33. The quantitative estimate of drug-likeness (QED) is 0.675. The number of rotatable bonds is 1. The van der Waals surface area contributed by atoms with Gasteiger partial charge in [-0.2, -0.15) is 0 Å². The summed E-state index contributed by atoms with van der Waals surface area (Å²) in [5, 5.41) is 9.10. The molecule has 2 heterocycles. The Morgan fingerprint density at radius 2 is 2.06 bits per heavy atom. The van der Waals surface area contributed by atoms with Crippen molar-refractivity contribution in [2.45, 2.75) is 6.92 Å². The SMILES string of the molecule is Cc1c(N=C2NCCN2)ccc2c1NC(=O)CO2. The lowest BCUT2D eigenvalue weighted by molar-refractivity contribution is -0.118. The van der Waals surface area contributed by atoms with E-state index in [1.807, 2.05) is 19.1 Å². The van der Waals surface area contributed by atoms with E-state index in [2.05, 4.69) is 20.9 Å². The summed E-state index contributed by atoms with van der Waals surface area (Å²) in [5.41, 5.74) is 2.44. The topological polar surface area (TPSA) is 74.8 Å². The molecule has 0 aliphatic carbocycles. The minimum absolute atomic E-state index is 0.0728. The maximum absolute atomic E-state index is 11.3. The highest BCUT2D eigenvalue weighted by atomic mass is 16.5. The van der Waals surface area contributed by atoms with Crippen molar-refractivity contribution < 1.29 is 9.53 Å². The molecule has 0 saturated carbocycles. The van der Waals surface area contributed by atoms with E-state index < -0.39 is 0 Å². The van der Waals surface area contributed by atoms with Gasteiger partial charge in [0.15, 0.2) is 12.6 Å². The Bertz CT molecular complexity index is 531. The van der Waals surface area contributed by atoms with Gasteiger partial charge in [0.1, 0.15) is 5.75 Å². The number of amides is 1. The molecule has 94 valence electrons. The van der Waals surface area contributed by atoms with Crippen LogP contribution in [0.25, 0.3) is 0 Å². The third-order valence-electron chi connectivity index (χ3n) is 2.96. The number of aliphatic imine (C=N–C) groups is 1. The van der Waals surface area contributed by atoms with E-state index >= 15 is 0 Å². The smallest absolute Gasteiger partial charge is 0.262 e. The molecule has 1 fully saturated rings. The van der Waals surface area contributed by atoms with Crippen molar-refractivity contribution in [2.75, 3.05) is 25.0 Å². The standard InChI is InChI=1S/C12H14N4O2/c1-7-8(15-12-13-4-5-14-12)2-3-9-11(7)16-10(17)6-18-9/h2-3H,4-6H2,1H3,(H,16,17)(H2,13,14,15). The summed E-state index contributed by atoms with van der Waals surface area (Å²) in [6.07, 6.45) is 0. The van der Waals surface area contributed by atoms with Gasteiger partial charge in [-0.15, -0.1) is 0 Å². The van der Waals surface area contributed by atoms with Gasteiger partial charge in [0.2, 0.25) is 0 Å². The number of benzene rings is 1. The summed E-state index contributed by atoms with van der Waals surface area (Å²) < 4.78 is 5.35. The van der Waals surface area contributed by atoms with Crippen LogP contribution in [0.2, 0.25) is 0 Å². The fourth-order valence-electron chi connectivity index (χ4n) is 2.02. The monoisotopic (exact) mass is 246 g/mol. The summed E-state index contributed by atoms with van der Waals surface area (Å²) in [6, 6.07) is 3.72. The molecule has 2 aliphatic heterocycles. The first-order valence-corrected chi connectivity index (χ1v) is 5.87. The van der Waals surface area contributed by atoms with Gasteiger partial charge in [-0.3, -0.25) is 4.79 Å². The van der Waals surface area contributed by atoms with Gasteiger partial charge in [0, 0.05) is 18.7 Å². The largest absolute Gasteiger partial charge is 0.482 e. The lowest BCUT2D eigenvalue weighted by atomic mass is 10.1. The lowest BCUT2D eigenvalue weighted by Crippen LogP contribution is -2.26. The number of ether oxygens (including phenoxy) is 1. The van der Waals surface area contributed by atoms with Gasteiger partial charge in [-0.05, 0) is 19.1 Å². The fraction of sp³-hybridized carbons (Fsp3) is 0.333. The van der Waals surface area contributed by atoms with Crippen LogP contribution < -0.4 is 20.7 Å². The van der Waals surface area contributed by atoms with Crippen LogP contribution in [0, 0.1) is 6.92 Å². The zero-order valence-corrected chi connectivity index (χ0v) is 10.0. The Hall–Kier alpha value is -2.24. The first kappa shape index (κ1) is 10.9. The second kappa shape index (κ2) is 4.21. The number of hydrogen-bond donors (Lipinski definition) is 3. The van der Waals surface area contributed by atoms with E-state index in [1.54, 1.807) is 0 Å². The van der Waals surface area contributed by atoms with E-state index in [-0.39, 0.29) is 12.5 Å². The Labute approximate surface area is 104 Å². The molecule has 1 saturated heterocycles. The number of nitrogens with zero attached hydrogens (tertiary/aromatic N) is 1. The van der Waals surface area contributed by atoms with Crippen LogP contribution in [-0.4, -0.2) is 31.6 Å². The third kappa shape index (κ3) is 1.85. The van der Waals surface area contributed by atoms with Crippen molar-refractivity contribution in [1.82, 2.24) is 10.6 Å². The summed E-state index contributed by atoms with van der Waals surface area (Å²) >= 11 is 0. The number of carbonyl (C=O) groups is 1. The van der Waals surface area contributed by atoms with Crippen molar-refractivity contribution in [3.63, 3.8) is 0 Å². The molecule has 0 spiro atoms. The van der Waals surface area contributed by atoms with E-state index in [4.69, 9.17) is 4.74 Å². The molecule has 6 heteroatoms. The van der Waals surface area contributed by atoms with Crippen LogP contribution in [0.3, 0.4) is 0 Å². The zero-order valence-electron chi connectivity index (χ0n) is 10.0. The molecule has 6 nitrogen and oxygen atoms in total. The predicted octanol–water partition coefficient (Wildman–Crippen LogP) is 0.506. The predicted molar refractivity (Wildman–Crippen MR) is 68.4 cm³/mol. The van der Waals surface area contributed by atoms with E-state index in [0.29, 0.717) is 11.4 Å². The van der Waals surface area contributed by atoms with Crippen molar-refractivity contribution in [1.29, 1.82) is 0 Å². The summed E-state index contributed by atoms with van der Waals surface area (Å²) in [6.45, 7) is 3.75. The van der Waals surface area contributed by atoms with E-state index in [9.17, 15) is 4.79 Å². The molecule has 0 unspecified atom stereocenters. The molecule has 18 heavy (non-hydrogen) atoms. The second-order valence-electron chi connectivity index (χ2n) is 4.23. The highest BCUT2D eigenvalue weighted by Gasteiger charge is 2.19. The van der Waals surface area contributed by atoms with Gasteiger partial charge >= 0.3 is 0 Å². The zero-order chi connectivity index (χ0) is 12.5. The maximum atomic E-state index is 11.3. The molecule has 2 aliphatic rings. The molecular formula is C12H14N4O2. The molecule has 1 aromatic carbocycles. The maximum Gasteiger partial charge on any atom is 0.262 e. The van der Waals surface area contributed by atoms with Crippen molar-refractivity contribution in [3.05, 3.63) is 17.7 Å². The Balaban J connectivity index is 1.99. The molecule has 3 rings (SSSR count). The molecule has 3 N–H and O–H groups in total. The molecular weight excluding hydrogens is 232 g/mol. The van der Waals surface area contributed by atoms with Crippen LogP contribution in [0.1, 0.15) is 5.56 Å². The molecule has 0 aromatic heterocycles. The highest BCUT2D eigenvalue weighted by Crippen LogP contribution is 2.36. The normalized spacial score (nSPS) is 17.2. The number of fused-ring (bicyclic) bond motifs is 1. The van der Waals surface area contributed by atoms with Gasteiger partial charge in [0.25, 0.3) is 5.91 Å². The second-order valence-corrected chi connectivity index (χ2v) is 4.23. The number of carbonyl (C=O) groups excluding carboxylic acids is 1. The Kier molecular flexibility index (Phi) is 2.55. The van der Waals surface area contributed by atoms with Gasteiger partial charge in [0.05, 0.1) is 11.4 Å². The van der Waals surface area contributed by atoms with Gasteiger partial charge < -0.3 is 20.7 Å². The minimum Gasteiger partial charge on any atom is -0.482 e. The van der Waals surface area contributed by atoms with Crippen molar-refractivity contribution >= 4 is 23.2 Å². The Morgan fingerprint density at radius 3 is 2.83 bits per heavy atom. The van der Waals surface area contributed by atoms with E-state index in [0.717, 1.165) is 30.3 Å². The van der Waals surface area contributed by atoms with Crippen molar-refractivity contribution in [3.8, 4) is 5.75 Å². The van der Waals surface area contributed by atoms with Crippen LogP contribution in [0.4, 0.5) is 11.4 Å². The van der Waals surface area contributed by atoms with E-state index in [1.165, 1.54) is 0 Å². The summed E-state index contributed by atoms with van der Waals surface area (Å²) in [7, 11) is 0. The first-order chi connectivity index (χ1) is 8.74. The molecule has 1 amide bonds. The number of nitrogens with one attached hydrogen (secondary N) is 3. The average molecular weight is 246 g/mol. The first-order valence-electron chi connectivity index (χ1n) is 5.87. The summed E-state index contributed by atoms with van der Waals surface area (Å²) in [4.78, 5) is 15.8. The van der Waals surface area contributed by atoms with Crippen LogP contribution in [0.15, 0.2) is 17.1 Å². The Morgan fingerprint density at radius 1 is 1.28 bits per heavy atom. The highest BCUT2D eigenvalue weighted by molar-refractivity contribution is 5.97. The average Bonchev–Trinajstić information content (AvgIpc) is 2.86. The lowest BCUT2D eigenvalue weighted by Gasteiger charge is -2.20. The van der Waals surface area contributed by atoms with Gasteiger partial charge in [-0.1, -0.05) is 0 Å². The molecule has 1 aromatic rings. The van der Waals surface area contributed by atoms with Gasteiger partial charge in [-0.25, -0.2) is 4.99 Å². The fourth-order valence-corrected chi connectivity index (χ4v) is 2.02. The number of guanidine groups is 1. The van der Waals surface area contributed by atoms with Crippen LogP contribution in [-0.2, 0) is 4.79 Å². The number of anilines is 1. The number of hydrogen-bond acceptors (Lipinski definition) is 3. The van der Waals surface area contributed by atoms with Crippen molar-refractivity contribution in [2.24, 2.45) is 4.99 Å².